The molecule has 1 atom stereocenters. The van der Waals surface area contributed by atoms with Crippen molar-refractivity contribution in [2.24, 2.45) is 0 Å². The standard InChI is InChI=1S/C18H19N3O3/c1-12(22)13-4-2-5-14(10-13)20-15-7-8-17(19-11-15)21-18(23)16-6-3-9-24-16/h2,4-5,7-8,10-11,16,20H,3,6,9H2,1H3,(H,19,21,23). The molecule has 0 radical (unpaired) electrons. The average molecular weight is 325 g/mol. The summed E-state index contributed by atoms with van der Waals surface area (Å²) in [5.41, 5.74) is 2.22. The second kappa shape index (κ2) is 7.23. The van der Waals surface area contributed by atoms with Crippen molar-refractivity contribution in [2.45, 2.75) is 25.9 Å². The topological polar surface area (TPSA) is 80.3 Å². The Morgan fingerprint density at radius 3 is 2.75 bits per heavy atom. The zero-order valence-electron chi connectivity index (χ0n) is 13.4. The van der Waals surface area contributed by atoms with E-state index in [1.54, 1.807) is 24.4 Å². The normalized spacial score (nSPS) is 16.6. The van der Waals surface area contributed by atoms with Gasteiger partial charge in [-0.15, -0.1) is 0 Å². The van der Waals surface area contributed by atoms with Gasteiger partial charge in [0.25, 0.3) is 5.91 Å². The molecule has 1 aromatic heterocycles. The molecule has 6 heteroatoms. The largest absolute Gasteiger partial charge is 0.368 e. The highest BCUT2D eigenvalue weighted by molar-refractivity contribution is 5.95. The predicted molar refractivity (Wildman–Crippen MR) is 91.6 cm³/mol. The van der Waals surface area contributed by atoms with E-state index >= 15 is 0 Å². The maximum atomic E-state index is 12.0. The summed E-state index contributed by atoms with van der Waals surface area (Å²) >= 11 is 0. The third-order valence-corrected chi connectivity index (χ3v) is 3.79. The molecule has 3 rings (SSSR count). The van der Waals surface area contributed by atoms with Crippen molar-refractivity contribution in [3.63, 3.8) is 0 Å². The number of rotatable bonds is 5. The van der Waals surface area contributed by atoms with Gasteiger partial charge in [0.1, 0.15) is 11.9 Å². The number of nitrogens with one attached hydrogen (secondary N) is 2. The van der Waals surface area contributed by atoms with Crippen LogP contribution in [0, 0.1) is 0 Å². The quantitative estimate of drug-likeness (QED) is 0.826. The van der Waals surface area contributed by atoms with E-state index in [0.717, 1.165) is 24.2 Å². The van der Waals surface area contributed by atoms with E-state index in [-0.39, 0.29) is 17.8 Å². The third-order valence-electron chi connectivity index (χ3n) is 3.79. The first-order valence-corrected chi connectivity index (χ1v) is 7.88. The molecule has 1 fully saturated rings. The van der Waals surface area contributed by atoms with Gasteiger partial charge in [0.05, 0.1) is 11.9 Å². The van der Waals surface area contributed by atoms with Crippen LogP contribution in [0.4, 0.5) is 17.2 Å². The second-order valence-corrected chi connectivity index (χ2v) is 5.69. The molecule has 124 valence electrons. The Balaban J connectivity index is 1.63. The Labute approximate surface area is 140 Å². The zero-order chi connectivity index (χ0) is 16.9. The van der Waals surface area contributed by atoms with E-state index in [1.807, 2.05) is 18.2 Å². The van der Waals surface area contributed by atoms with Gasteiger partial charge in [-0.25, -0.2) is 4.98 Å². The van der Waals surface area contributed by atoms with Crippen LogP contribution in [-0.4, -0.2) is 29.4 Å². The number of hydrogen-bond donors (Lipinski definition) is 2. The molecule has 1 amide bonds. The summed E-state index contributed by atoms with van der Waals surface area (Å²) in [5.74, 6) is 0.345. The highest BCUT2D eigenvalue weighted by Crippen LogP contribution is 2.19. The highest BCUT2D eigenvalue weighted by Gasteiger charge is 2.23. The Bertz CT molecular complexity index is 737. The monoisotopic (exact) mass is 325 g/mol. The van der Waals surface area contributed by atoms with Gasteiger partial charge < -0.3 is 15.4 Å². The molecule has 1 aromatic carbocycles. The number of Topliss-reactive ketones (excluding diaryl/α,β-unsaturated/α-hetero) is 1. The van der Waals surface area contributed by atoms with Gasteiger partial charge in [-0.1, -0.05) is 12.1 Å². The minimum Gasteiger partial charge on any atom is -0.368 e. The van der Waals surface area contributed by atoms with Crippen molar-refractivity contribution < 1.29 is 14.3 Å². The van der Waals surface area contributed by atoms with Gasteiger partial charge in [-0.2, -0.15) is 0 Å². The fraction of sp³-hybridized carbons (Fsp3) is 0.278. The number of amides is 1. The van der Waals surface area contributed by atoms with Gasteiger partial charge in [0.15, 0.2) is 5.78 Å². The molecule has 1 aliphatic rings. The lowest BCUT2D eigenvalue weighted by Crippen LogP contribution is -2.27. The van der Waals surface area contributed by atoms with Crippen LogP contribution in [0.5, 0.6) is 0 Å². The van der Waals surface area contributed by atoms with Crippen LogP contribution >= 0.6 is 0 Å². The number of ketones is 1. The van der Waals surface area contributed by atoms with Crippen LogP contribution in [0.15, 0.2) is 42.6 Å². The first-order chi connectivity index (χ1) is 11.6. The van der Waals surface area contributed by atoms with Crippen molar-refractivity contribution in [1.82, 2.24) is 4.98 Å². The molecule has 24 heavy (non-hydrogen) atoms. The number of benzene rings is 1. The number of pyridine rings is 1. The van der Waals surface area contributed by atoms with Crippen molar-refractivity contribution in [3.05, 3.63) is 48.2 Å². The summed E-state index contributed by atoms with van der Waals surface area (Å²) in [6.07, 6.45) is 2.91. The third kappa shape index (κ3) is 3.97. The minimum atomic E-state index is -0.376. The number of aromatic nitrogens is 1. The molecule has 0 aliphatic carbocycles. The van der Waals surface area contributed by atoms with E-state index in [9.17, 15) is 9.59 Å². The Morgan fingerprint density at radius 1 is 1.21 bits per heavy atom. The van der Waals surface area contributed by atoms with E-state index in [4.69, 9.17) is 4.74 Å². The van der Waals surface area contributed by atoms with Crippen LogP contribution in [-0.2, 0) is 9.53 Å². The summed E-state index contributed by atoms with van der Waals surface area (Å²) in [5, 5.41) is 5.93. The van der Waals surface area contributed by atoms with E-state index in [0.29, 0.717) is 18.0 Å². The van der Waals surface area contributed by atoms with Crippen LogP contribution in [0.3, 0.4) is 0 Å². The number of nitrogens with zero attached hydrogens (tertiary/aromatic N) is 1. The van der Waals surface area contributed by atoms with E-state index in [2.05, 4.69) is 15.6 Å². The lowest BCUT2D eigenvalue weighted by Gasteiger charge is -2.11. The molecule has 1 saturated heterocycles. The lowest BCUT2D eigenvalue weighted by molar-refractivity contribution is -0.124. The fourth-order valence-corrected chi connectivity index (χ4v) is 2.52. The van der Waals surface area contributed by atoms with Gasteiger partial charge in [-0.3, -0.25) is 9.59 Å². The van der Waals surface area contributed by atoms with Crippen molar-refractivity contribution in [1.29, 1.82) is 0 Å². The molecular formula is C18H19N3O3. The zero-order valence-corrected chi connectivity index (χ0v) is 13.4. The molecule has 2 aromatic rings. The second-order valence-electron chi connectivity index (χ2n) is 5.69. The molecule has 0 spiro atoms. The molecule has 2 heterocycles. The number of carbonyl (C=O) groups excluding carboxylic acids is 2. The summed E-state index contributed by atoms with van der Waals surface area (Å²) in [4.78, 5) is 27.6. The van der Waals surface area contributed by atoms with Gasteiger partial charge in [0.2, 0.25) is 0 Å². The Kier molecular flexibility index (Phi) is 4.86. The van der Waals surface area contributed by atoms with Crippen LogP contribution in [0.25, 0.3) is 0 Å². The number of hydrogen-bond acceptors (Lipinski definition) is 5. The SMILES string of the molecule is CC(=O)c1cccc(Nc2ccc(NC(=O)C3CCCO3)nc2)c1. The lowest BCUT2D eigenvalue weighted by atomic mass is 10.1. The molecule has 2 N–H and O–H groups in total. The van der Waals surface area contributed by atoms with E-state index < -0.39 is 0 Å². The summed E-state index contributed by atoms with van der Waals surface area (Å²) < 4.78 is 5.34. The average Bonchev–Trinajstić information content (AvgIpc) is 3.11. The molecule has 6 nitrogen and oxygen atoms in total. The number of ether oxygens (including phenoxy) is 1. The van der Waals surface area contributed by atoms with Crippen molar-refractivity contribution in [3.8, 4) is 0 Å². The van der Waals surface area contributed by atoms with Gasteiger partial charge in [-0.05, 0) is 44.0 Å². The minimum absolute atomic E-state index is 0.0176. The number of carbonyl (C=O) groups is 2. The predicted octanol–water partition coefficient (Wildman–Crippen LogP) is 3.15. The summed E-state index contributed by atoms with van der Waals surface area (Å²) in [6.45, 7) is 2.17. The van der Waals surface area contributed by atoms with Gasteiger partial charge in [0, 0.05) is 17.9 Å². The molecule has 0 saturated carbocycles. The first kappa shape index (κ1) is 16.1. The van der Waals surface area contributed by atoms with Crippen LogP contribution < -0.4 is 10.6 Å². The molecular weight excluding hydrogens is 306 g/mol. The molecule has 1 aliphatic heterocycles. The Hall–Kier alpha value is -2.73. The first-order valence-electron chi connectivity index (χ1n) is 7.88. The van der Waals surface area contributed by atoms with Crippen LogP contribution in [0.1, 0.15) is 30.1 Å². The van der Waals surface area contributed by atoms with Gasteiger partial charge >= 0.3 is 0 Å². The molecule has 0 bridgehead atoms. The fourth-order valence-electron chi connectivity index (χ4n) is 2.52. The Morgan fingerprint density at radius 2 is 2.08 bits per heavy atom. The maximum Gasteiger partial charge on any atom is 0.254 e. The van der Waals surface area contributed by atoms with E-state index in [1.165, 1.54) is 6.92 Å². The highest BCUT2D eigenvalue weighted by atomic mass is 16.5. The van der Waals surface area contributed by atoms with Crippen molar-refractivity contribution >= 4 is 28.9 Å². The van der Waals surface area contributed by atoms with Crippen LogP contribution in [0.2, 0.25) is 0 Å². The number of anilines is 3. The summed E-state index contributed by atoms with van der Waals surface area (Å²) in [6, 6.07) is 10.8. The smallest absolute Gasteiger partial charge is 0.254 e. The molecule has 1 unspecified atom stereocenters. The van der Waals surface area contributed by atoms with Crippen molar-refractivity contribution in [2.75, 3.05) is 17.2 Å². The maximum absolute atomic E-state index is 12.0. The summed E-state index contributed by atoms with van der Waals surface area (Å²) in [7, 11) is 0.